The van der Waals surface area contributed by atoms with Gasteiger partial charge in [-0.1, -0.05) is 32.9 Å². The van der Waals surface area contributed by atoms with Gasteiger partial charge >= 0.3 is 5.97 Å². The molecule has 0 bridgehead atoms. The Morgan fingerprint density at radius 3 is 2.17 bits per heavy atom. The monoisotopic (exact) mass is 333 g/mol. The van der Waals surface area contributed by atoms with Gasteiger partial charge in [0.15, 0.2) is 0 Å². The second-order valence-electron chi connectivity index (χ2n) is 7.82. The quantitative estimate of drug-likeness (QED) is 0.728. The van der Waals surface area contributed by atoms with Crippen LogP contribution in [-0.2, 0) is 9.53 Å². The SMILES string of the molecule is CC(C)OC(=O)c1ccc(C(CCC(C)(C)C)CC(=O)CN)cc1. The van der Waals surface area contributed by atoms with Crippen molar-refractivity contribution < 1.29 is 14.3 Å². The van der Waals surface area contributed by atoms with Crippen LogP contribution in [0, 0.1) is 5.41 Å². The van der Waals surface area contributed by atoms with Gasteiger partial charge in [-0.05, 0) is 55.7 Å². The van der Waals surface area contributed by atoms with Crippen molar-refractivity contribution in [1.82, 2.24) is 0 Å². The normalized spacial score (nSPS) is 13.0. The highest BCUT2D eigenvalue weighted by Gasteiger charge is 2.20. The number of esters is 1. The summed E-state index contributed by atoms with van der Waals surface area (Å²) in [5.41, 5.74) is 7.30. The van der Waals surface area contributed by atoms with Crippen molar-refractivity contribution in [2.45, 2.75) is 65.9 Å². The molecule has 0 saturated heterocycles. The molecule has 0 saturated carbocycles. The van der Waals surface area contributed by atoms with Crippen molar-refractivity contribution in [2.75, 3.05) is 6.54 Å². The van der Waals surface area contributed by atoms with E-state index in [1.54, 1.807) is 12.1 Å². The molecule has 1 aromatic carbocycles. The average molecular weight is 333 g/mol. The molecule has 134 valence electrons. The van der Waals surface area contributed by atoms with Gasteiger partial charge < -0.3 is 10.5 Å². The molecule has 0 aliphatic carbocycles. The fraction of sp³-hybridized carbons (Fsp3) is 0.600. The number of Topliss-reactive ketones (excluding diaryl/α,β-unsaturated/α-hetero) is 1. The zero-order valence-electron chi connectivity index (χ0n) is 15.6. The smallest absolute Gasteiger partial charge is 0.338 e. The minimum atomic E-state index is -0.319. The molecule has 0 amide bonds. The Kier molecular flexibility index (Phi) is 7.61. The Balaban J connectivity index is 2.88. The fourth-order valence-corrected chi connectivity index (χ4v) is 2.53. The summed E-state index contributed by atoms with van der Waals surface area (Å²) >= 11 is 0. The lowest BCUT2D eigenvalue weighted by Gasteiger charge is -2.23. The standard InChI is InChI=1S/C20H31NO3/c1-14(2)24-19(23)16-8-6-15(7-9-16)17(12-18(22)13-21)10-11-20(3,4)5/h6-9,14,17H,10-13,21H2,1-5H3. The molecule has 1 rings (SSSR count). The third-order valence-corrected chi connectivity index (χ3v) is 3.91. The number of benzene rings is 1. The van der Waals surface area contributed by atoms with E-state index >= 15 is 0 Å². The van der Waals surface area contributed by atoms with Gasteiger partial charge in [-0.3, -0.25) is 4.79 Å². The van der Waals surface area contributed by atoms with Gasteiger partial charge in [0.2, 0.25) is 0 Å². The van der Waals surface area contributed by atoms with E-state index < -0.39 is 0 Å². The summed E-state index contributed by atoms with van der Waals surface area (Å²) in [5.74, 6) is -0.117. The first-order valence-electron chi connectivity index (χ1n) is 8.65. The van der Waals surface area contributed by atoms with Crippen LogP contribution in [0.1, 0.15) is 75.7 Å². The second kappa shape index (κ2) is 8.97. The molecular weight excluding hydrogens is 302 g/mol. The maximum Gasteiger partial charge on any atom is 0.338 e. The molecule has 1 unspecified atom stereocenters. The van der Waals surface area contributed by atoms with Gasteiger partial charge in [0, 0.05) is 6.42 Å². The van der Waals surface area contributed by atoms with Gasteiger partial charge in [0.25, 0.3) is 0 Å². The first-order chi connectivity index (χ1) is 11.1. The number of hydrogen-bond acceptors (Lipinski definition) is 4. The van der Waals surface area contributed by atoms with E-state index in [-0.39, 0.29) is 35.7 Å². The zero-order chi connectivity index (χ0) is 18.3. The first kappa shape index (κ1) is 20.4. The van der Waals surface area contributed by atoms with Crippen LogP contribution < -0.4 is 5.73 Å². The highest BCUT2D eigenvalue weighted by molar-refractivity contribution is 5.89. The van der Waals surface area contributed by atoms with Crippen LogP contribution in [0.2, 0.25) is 0 Å². The van der Waals surface area contributed by atoms with Gasteiger partial charge in [-0.15, -0.1) is 0 Å². The minimum Gasteiger partial charge on any atom is -0.459 e. The van der Waals surface area contributed by atoms with Crippen molar-refractivity contribution >= 4 is 11.8 Å². The first-order valence-corrected chi connectivity index (χ1v) is 8.65. The Morgan fingerprint density at radius 2 is 1.71 bits per heavy atom. The Hall–Kier alpha value is -1.68. The molecule has 2 N–H and O–H groups in total. The Labute approximate surface area is 145 Å². The van der Waals surface area contributed by atoms with Crippen LogP contribution >= 0.6 is 0 Å². The van der Waals surface area contributed by atoms with Crippen molar-refractivity contribution in [3.8, 4) is 0 Å². The highest BCUT2D eigenvalue weighted by Crippen LogP contribution is 2.31. The number of ether oxygens (including phenoxy) is 1. The van der Waals surface area contributed by atoms with Crippen LogP contribution in [0.25, 0.3) is 0 Å². The summed E-state index contributed by atoms with van der Waals surface area (Å²) in [7, 11) is 0. The molecule has 4 heteroatoms. The lowest BCUT2D eigenvalue weighted by atomic mass is 9.82. The number of carbonyl (C=O) groups excluding carboxylic acids is 2. The maximum atomic E-state index is 11.9. The van der Waals surface area contributed by atoms with Crippen LogP contribution in [0.3, 0.4) is 0 Å². The summed E-state index contributed by atoms with van der Waals surface area (Å²) in [6, 6.07) is 7.40. The van der Waals surface area contributed by atoms with Crippen molar-refractivity contribution in [1.29, 1.82) is 0 Å². The fourth-order valence-electron chi connectivity index (χ4n) is 2.53. The van der Waals surface area contributed by atoms with Crippen molar-refractivity contribution in [3.63, 3.8) is 0 Å². The molecule has 1 atom stereocenters. The largest absolute Gasteiger partial charge is 0.459 e. The van der Waals surface area contributed by atoms with E-state index in [1.165, 1.54) is 0 Å². The summed E-state index contributed by atoms with van der Waals surface area (Å²) < 4.78 is 5.20. The molecule has 4 nitrogen and oxygen atoms in total. The van der Waals surface area contributed by atoms with Gasteiger partial charge in [0.1, 0.15) is 5.78 Å². The molecule has 0 aliphatic rings. The molecule has 0 spiro atoms. The minimum absolute atomic E-state index is 0.0669. The van der Waals surface area contributed by atoms with Crippen LogP contribution in [0.4, 0.5) is 0 Å². The average Bonchev–Trinajstić information content (AvgIpc) is 2.49. The molecule has 1 aromatic rings. The summed E-state index contributed by atoms with van der Waals surface area (Å²) in [6.45, 7) is 10.3. The topological polar surface area (TPSA) is 69.4 Å². The summed E-state index contributed by atoms with van der Waals surface area (Å²) in [6.07, 6.45) is 2.25. The second-order valence-corrected chi connectivity index (χ2v) is 7.82. The number of carbonyl (C=O) groups is 2. The molecule has 24 heavy (non-hydrogen) atoms. The number of hydrogen-bond donors (Lipinski definition) is 1. The van der Waals surface area contributed by atoms with E-state index in [9.17, 15) is 9.59 Å². The number of rotatable bonds is 8. The molecule has 0 fully saturated rings. The maximum absolute atomic E-state index is 11.9. The highest BCUT2D eigenvalue weighted by atomic mass is 16.5. The van der Waals surface area contributed by atoms with Crippen LogP contribution in [-0.4, -0.2) is 24.4 Å². The van der Waals surface area contributed by atoms with E-state index in [4.69, 9.17) is 10.5 Å². The summed E-state index contributed by atoms with van der Waals surface area (Å²) in [5, 5.41) is 0. The van der Waals surface area contributed by atoms with Gasteiger partial charge in [0.05, 0.1) is 18.2 Å². The predicted molar refractivity (Wildman–Crippen MR) is 97.1 cm³/mol. The van der Waals surface area contributed by atoms with Gasteiger partial charge in [-0.25, -0.2) is 4.79 Å². The Bertz CT molecular complexity index is 541. The van der Waals surface area contributed by atoms with Crippen molar-refractivity contribution in [3.05, 3.63) is 35.4 Å². The molecule has 0 radical (unpaired) electrons. The van der Waals surface area contributed by atoms with Crippen LogP contribution in [0.15, 0.2) is 24.3 Å². The van der Waals surface area contributed by atoms with Gasteiger partial charge in [-0.2, -0.15) is 0 Å². The lowest BCUT2D eigenvalue weighted by Crippen LogP contribution is -2.18. The number of nitrogens with two attached hydrogens (primary N) is 1. The van der Waals surface area contributed by atoms with E-state index in [2.05, 4.69) is 20.8 Å². The lowest BCUT2D eigenvalue weighted by molar-refractivity contribution is -0.118. The van der Waals surface area contributed by atoms with Crippen molar-refractivity contribution in [2.24, 2.45) is 11.1 Å². The van der Waals surface area contributed by atoms with E-state index in [1.807, 2.05) is 26.0 Å². The Morgan fingerprint density at radius 1 is 1.12 bits per heavy atom. The van der Waals surface area contributed by atoms with E-state index in [0.717, 1.165) is 18.4 Å². The molecule has 0 heterocycles. The third-order valence-electron chi connectivity index (χ3n) is 3.91. The summed E-state index contributed by atoms with van der Waals surface area (Å²) in [4.78, 5) is 23.7. The van der Waals surface area contributed by atoms with E-state index in [0.29, 0.717) is 12.0 Å². The van der Waals surface area contributed by atoms with Crippen LogP contribution in [0.5, 0.6) is 0 Å². The molecule has 0 aromatic heterocycles. The molecular formula is C20H31NO3. The third kappa shape index (κ3) is 7.26. The molecule has 0 aliphatic heterocycles. The zero-order valence-corrected chi connectivity index (χ0v) is 15.6. The number of ketones is 1. The predicted octanol–water partition coefficient (Wildman–Crippen LogP) is 4.08.